The first-order valence-electron chi connectivity index (χ1n) is 4.50. The Morgan fingerprint density at radius 3 is 2.76 bits per heavy atom. The first kappa shape index (κ1) is 11.2. The number of nitrogens with zero attached hydrogens (tertiary/aromatic N) is 3. The van der Waals surface area contributed by atoms with Crippen molar-refractivity contribution in [2.75, 3.05) is 0 Å². The molecule has 0 atom stereocenters. The van der Waals surface area contributed by atoms with Gasteiger partial charge in [0.25, 0.3) is 6.43 Å². The summed E-state index contributed by atoms with van der Waals surface area (Å²) in [5.41, 5.74) is -0.505. The quantitative estimate of drug-likeness (QED) is 0.887. The van der Waals surface area contributed by atoms with Gasteiger partial charge in [0.2, 0.25) is 5.76 Å². The Hall–Kier alpha value is -2.25. The van der Waals surface area contributed by atoms with Gasteiger partial charge >= 0.3 is 5.97 Å². The molecule has 0 aromatic carbocycles. The lowest BCUT2D eigenvalue weighted by atomic mass is 10.1. The van der Waals surface area contributed by atoms with Crippen molar-refractivity contribution >= 4 is 5.97 Å². The van der Waals surface area contributed by atoms with Gasteiger partial charge in [-0.1, -0.05) is 5.16 Å². The molecule has 2 aromatic heterocycles. The summed E-state index contributed by atoms with van der Waals surface area (Å²) in [6.45, 7) is 0. The van der Waals surface area contributed by atoms with Gasteiger partial charge in [-0.25, -0.2) is 18.6 Å². The molecule has 0 aliphatic rings. The average molecular weight is 243 g/mol. The zero-order valence-corrected chi connectivity index (χ0v) is 8.59. The van der Waals surface area contributed by atoms with Crippen LogP contribution in [0.3, 0.4) is 0 Å². The van der Waals surface area contributed by atoms with Crippen LogP contribution < -0.4 is 0 Å². The molecule has 0 saturated heterocycles. The summed E-state index contributed by atoms with van der Waals surface area (Å²) >= 11 is 0. The van der Waals surface area contributed by atoms with Gasteiger partial charge in [0.15, 0.2) is 0 Å². The predicted molar refractivity (Wildman–Crippen MR) is 50.6 cm³/mol. The van der Waals surface area contributed by atoms with Crippen LogP contribution in [0, 0.1) is 0 Å². The van der Waals surface area contributed by atoms with Crippen molar-refractivity contribution in [3.8, 4) is 11.4 Å². The lowest BCUT2D eigenvalue weighted by Crippen LogP contribution is -2.03. The fourth-order valence-electron chi connectivity index (χ4n) is 1.42. The maximum atomic E-state index is 12.5. The molecule has 1 N–H and O–H groups in total. The van der Waals surface area contributed by atoms with Crippen LogP contribution >= 0.6 is 0 Å². The summed E-state index contributed by atoms with van der Waals surface area (Å²) in [4.78, 5) is 14.7. The predicted octanol–water partition coefficient (Wildman–Crippen LogP) is 1.71. The SMILES string of the molecule is Cn1cncc1-c1noc(C(F)F)c1C(=O)O. The third-order valence-corrected chi connectivity index (χ3v) is 2.19. The average Bonchev–Trinajstić information content (AvgIpc) is 2.82. The first-order chi connectivity index (χ1) is 8.02. The number of alkyl halides is 2. The summed E-state index contributed by atoms with van der Waals surface area (Å²) in [6.07, 6.45) is -0.312. The Labute approximate surface area is 93.5 Å². The second-order valence-corrected chi connectivity index (χ2v) is 3.27. The maximum Gasteiger partial charge on any atom is 0.341 e. The largest absolute Gasteiger partial charge is 0.477 e. The van der Waals surface area contributed by atoms with E-state index < -0.39 is 23.7 Å². The van der Waals surface area contributed by atoms with Crippen LogP contribution in [0.15, 0.2) is 17.0 Å². The topological polar surface area (TPSA) is 81.2 Å². The third kappa shape index (κ3) is 1.77. The Bertz CT molecular complexity index is 562. The second-order valence-electron chi connectivity index (χ2n) is 3.27. The van der Waals surface area contributed by atoms with Crippen LogP contribution in [-0.2, 0) is 7.05 Å². The molecular formula is C9H7F2N3O3. The number of hydrogen-bond acceptors (Lipinski definition) is 4. The van der Waals surface area contributed by atoms with E-state index in [4.69, 9.17) is 5.11 Å². The molecule has 90 valence electrons. The molecule has 2 rings (SSSR count). The van der Waals surface area contributed by atoms with Crippen LogP contribution in [0.4, 0.5) is 8.78 Å². The van der Waals surface area contributed by atoms with Crippen LogP contribution in [0.2, 0.25) is 0 Å². The van der Waals surface area contributed by atoms with E-state index in [1.165, 1.54) is 17.1 Å². The van der Waals surface area contributed by atoms with Gasteiger partial charge in [0.1, 0.15) is 11.3 Å². The molecule has 0 saturated carbocycles. The first-order valence-corrected chi connectivity index (χ1v) is 4.50. The highest BCUT2D eigenvalue weighted by molar-refractivity contribution is 5.95. The van der Waals surface area contributed by atoms with E-state index in [0.717, 1.165) is 0 Å². The van der Waals surface area contributed by atoms with Crippen LogP contribution in [0.25, 0.3) is 11.4 Å². The monoisotopic (exact) mass is 243 g/mol. The summed E-state index contributed by atoms with van der Waals surface area (Å²) < 4.78 is 30.9. The lowest BCUT2D eigenvalue weighted by Gasteiger charge is -1.99. The van der Waals surface area contributed by atoms with Crippen molar-refractivity contribution in [1.29, 1.82) is 0 Å². The molecule has 0 aliphatic heterocycles. The maximum absolute atomic E-state index is 12.5. The van der Waals surface area contributed by atoms with Gasteiger partial charge in [-0.05, 0) is 0 Å². The van der Waals surface area contributed by atoms with E-state index in [9.17, 15) is 13.6 Å². The molecule has 2 heterocycles. The van der Waals surface area contributed by atoms with Gasteiger partial charge in [-0.3, -0.25) is 0 Å². The van der Waals surface area contributed by atoms with Gasteiger partial charge in [0.05, 0.1) is 18.2 Å². The highest BCUT2D eigenvalue weighted by atomic mass is 19.3. The van der Waals surface area contributed by atoms with E-state index in [1.807, 2.05) is 0 Å². The number of hydrogen-bond donors (Lipinski definition) is 1. The number of aromatic nitrogens is 3. The molecule has 2 aromatic rings. The molecular weight excluding hydrogens is 236 g/mol. The third-order valence-electron chi connectivity index (χ3n) is 2.19. The van der Waals surface area contributed by atoms with Crippen molar-refractivity contribution in [3.63, 3.8) is 0 Å². The number of rotatable bonds is 3. The molecule has 0 amide bonds. The Morgan fingerprint density at radius 2 is 2.29 bits per heavy atom. The number of halogens is 2. The van der Waals surface area contributed by atoms with Crippen molar-refractivity contribution in [2.24, 2.45) is 7.05 Å². The fourth-order valence-corrected chi connectivity index (χ4v) is 1.42. The van der Waals surface area contributed by atoms with Gasteiger partial charge in [-0.15, -0.1) is 0 Å². The normalized spacial score (nSPS) is 11.1. The molecule has 0 fully saturated rings. The van der Waals surface area contributed by atoms with Crippen LogP contribution in [0.1, 0.15) is 22.5 Å². The molecule has 0 bridgehead atoms. The highest BCUT2D eigenvalue weighted by Crippen LogP contribution is 2.30. The van der Waals surface area contributed by atoms with Crippen molar-refractivity contribution in [3.05, 3.63) is 23.8 Å². The fraction of sp³-hybridized carbons (Fsp3) is 0.222. The van der Waals surface area contributed by atoms with Crippen molar-refractivity contribution < 1.29 is 23.2 Å². The molecule has 0 radical (unpaired) electrons. The van der Waals surface area contributed by atoms with Crippen molar-refractivity contribution in [2.45, 2.75) is 6.43 Å². The van der Waals surface area contributed by atoms with Gasteiger partial charge in [0, 0.05) is 7.05 Å². The highest BCUT2D eigenvalue weighted by Gasteiger charge is 2.30. The molecule has 0 unspecified atom stereocenters. The smallest absolute Gasteiger partial charge is 0.341 e. The Kier molecular flexibility index (Phi) is 2.62. The second kappa shape index (κ2) is 3.96. The number of carboxylic acids is 1. The van der Waals surface area contributed by atoms with E-state index in [-0.39, 0.29) is 11.4 Å². The number of aryl methyl sites for hydroxylation is 1. The van der Waals surface area contributed by atoms with Crippen LogP contribution in [-0.4, -0.2) is 25.8 Å². The van der Waals surface area contributed by atoms with Gasteiger partial charge < -0.3 is 14.2 Å². The number of imidazole rings is 1. The van der Waals surface area contributed by atoms with Crippen LogP contribution in [0.5, 0.6) is 0 Å². The zero-order valence-electron chi connectivity index (χ0n) is 8.59. The Balaban J connectivity index is 2.64. The standard InChI is InChI=1S/C9H7F2N3O3/c1-14-3-12-2-4(14)6-5(9(15)16)7(8(10)11)17-13-6/h2-3,8H,1H3,(H,15,16). The zero-order chi connectivity index (χ0) is 12.6. The molecule has 0 aliphatic carbocycles. The summed E-state index contributed by atoms with van der Waals surface area (Å²) in [6, 6.07) is 0. The molecule has 17 heavy (non-hydrogen) atoms. The van der Waals surface area contributed by atoms with E-state index in [0.29, 0.717) is 0 Å². The molecule has 6 nitrogen and oxygen atoms in total. The van der Waals surface area contributed by atoms with Crippen molar-refractivity contribution in [1.82, 2.24) is 14.7 Å². The molecule has 8 heteroatoms. The van der Waals surface area contributed by atoms with E-state index in [2.05, 4.69) is 14.7 Å². The molecule has 0 spiro atoms. The summed E-state index contributed by atoms with van der Waals surface area (Å²) in [7, 11) is 1.59. The Morgan fingerprint density at radius 1 is 1.59 bits per heavy atom. The van der Waals surface area contributed by atoms with E-state index in [1.54, 1.807) is 7.05 Å². The van der Waals surface area contributed by atoms with Gasteiger partial charge in [-0.2, -0.15) is 0 Å². The number of carbonyl (C=O) groups is 1. The summed E-state index contributed by atoms with van der Waals surface area (Å²) in [5.74, 6) is -2.47. The number of aromatic carboxylic acids is 1. The lowest BCUT2D eigenvalue weighted by molar-refractivity contribution is 0.0670. The number of carboxylic acid groups (broad SMARTS) is 1. The summed E-state index contributed by atoms with van der Waals surface area (Å²) in [5, 5.41) is 12.3. The minimum atomic E-state index is -3.03. The van der Waals surface area contributed by atoms with E-state index >= 15 is 0 Å². The minimum Gasteiger partial charge on any atom is -0.477 e. The minimum absolute atomic E-state index is 0.159.